The van der Waals surface area contributed by atoms with Crippen LogP contribution in [0.4, 0.5) is 0 Å². The van der Waals surface area contributed by atoms with Crippen LogP contribution in [0.15, 0.2) is 0 Å². The molecule has 0 bridgehead atoms. The molecule has 0 unspecified atom stereocenters. The second-order valence-corrected chi connectivity index (χ2v) is 8.96. The fourth-order valence-corrected chi connectivity index (χ4v) is 4.30. The molecule has 1 fully saturated rings. The average molecular weight is 378 g/mol. The minimum atomic E-state index is -0.0124. The first-order chi connectivity index (χ1) is 12.9. The Labute approximate surface area is 163 Å². The molecule has 0 radical (unpaired) electrons. The zero-order valence-electron chi connectivity index (χ0n) is 17.4. The number of hydrogen-bond acceptors (Lipinski definition) is 4. The van der Waals surface area contributed by atoms with Gasteiger partial charge in [-0.3, -0.25) is 9.48 Å². The number of fused-ring (bicyclic) bond motifs is 1. The molecular formula is C21H35N3O3. The number of nitrogens with one attached hydrogen (secondary N) is 1. The molecule has 27 heavy (non-hydrogen) atoms. The number of aryl methyl sites for hydroxylation is 1. The Hall–Kier alpha value is -1.40. The summed E-state index contributed by atoms with van der Waals surface area (Å²) in [6, 6.07) is 0. The number of hydrogen-bond donors (Lipinski definition) is 1. The lowest BCUT2D eigenvalue weighted by Crippen LogP contribution is -2.40. The molecule has 152 valence electrons. The van der Waals surface area contributed by atoms with E-state index < -0.39 is 0 Å². The largest absolute Gasteiger partial charge is 0.381 e. The van der Waals surface area contributed by atoms with Crippen molar-refractivity contribution < 1.29 is 14.3 Å². The van der Waals surface area contributed by atoms with Crippen molar-refractivity contribution in [2.45, 2.75) is 66.3 Å². The van der Waals surface area contributed by atoms with Gasteiger partial charge in [-0.1, -0.05) is 20.8 Å². The molecule has 1 amide bonds. The lowest BCUT2D eigenvalue weighted by molar-refractivity contribution is 0.0159. The van der Waals surface area contributed by atoms with E-state index in [2.05, 4.69) is 33.0 Å². The Morgan fingerprint density at radius 2 is 2.04 bits per heavy atom. The predicted molar refractivity (Wildman–Crippen MR) is 105 cm³/mol. The molecule has 0 saturated carbocycles. The maximum absolute atomic E-state index is 12.9. The fourth-order valence-electron chi connectivity index (χ4n) is 4.30. The third-order valence-electron chi connectivity index (χ3n) is 5.86. The van der Waals surface area contributed by atoms with Crippen molar-refractivity contribution in [2.24, 2.45) is 10.8 Å². The van der Waals surface area contributed by atoms with E-state index >= 15 is 0 Å². The topological polar surface area (TPSA) is 65.4 Å². The minimum Gasteiger partial charge on any atom is -0.381 e. The van der Waals surface area contributed by atoms with Gasteiger partial charge >= 0.3 is 0 Å². The second kappa shape index (κ2) is 8.31. The van der Waals surface area contributed by atoms with Crippen molar-refractivity contribution in [1.82, 2.24) is 15.1 Å². The normalized spacial score (nSPS) is 19.6. The van der Waals surface area contributed by atoms with E-state index in [-0.39, 0.29) is 16.7 Å². The van der Waals surface area contributed by atoms with Crippen molar-refractivity contribution in [3.63, 3.8) is 0 Å². The lowest BCUT2D eigenvalue weighted by Gasteiger charge is -2.36. The highest BCUT2D eigenvalue weighted by atomic mass is 16.5. The van der Waals surface area contributed by atoms with Gasteiger partial charge in [-0.2, -0.15) is 5.10 Å². The van der Waals surface area contributed by atoms with Crippen LogP contribution in [0, 0.1) is 10.8 Å². The summed E-state index contributed by atoms with van der Waals surface area (Å²) in [4.78, 5) is 12.9. The maximum atomic E-state index is 12.9. The molecule has 0 aliphatic carbocycles. The van der Waals surface area contributed by atoms with Gasteiger partial charge in [-0.15, -0.1) is 0 Å². The fraction of sp³-hybridized carbons (Fsp3) is 0.810. The number of nitrogens with zero attached hydrogens (tertiary/aromatic N) is 2. The van der Waals surface area contributed by atoms with Crippen molar-refractivity contribution in [3.8, 4) is 0 Å². The molecule has 1 aromatic heterocycles. The number of aromatic nitrogens is 2. The van der Waals surface area contributed by atoms with Crippen molar-refractivity contribution in [1.29, 1.82) is 0 Å². The van der Waals surface area contributed by atoms with E-state index in [0.717, 1.165) is 75.4 Å². The quantitative estimate of drug-likeness (QED) is 0.742. The summed E-state index contributed by atoms with van der Waals surface area (Å²) in [6.45, 7) is 13.1. The first-order valence-electron chi connectivity index (χ1n) is 10.4. The van der Waals surface area contributed by atoms with Crippen molar-refractivity contribution >= 4 is 5.91 Å². The van der Waals surface area contributed by atoms with Crippen LogP contribution in [0.5, 0.6) is 0 Å². The number of ether oxygens (including phenoxy) is 2. The van der Waals surface area contributed by atoms with E-state index in [1.165, 1.54) is 0 Å². The molecular weight excluding hydrogens is 342 g/mol. The molecule has 3 heterocycles. The average Bonchev–Trinajstić information content (AvgIpc) is 2.89. The zero-order chi connectivity index (χ0) is 19.5. The van der Waals surface area contributed by atoms with Gasteiger partial charge in [0.15, 0.2) is 0 Å². The molecule has 6 nitrogen and oxygen atoms in total. The Morgan fingerprint density at radius 3 is 2.70 bits per heavy atom. The van der Waals surface area contributed by atoms with E-state index in [9.17, 15) is 4.79 Å². The van der Waals surface area contributed by atoms with Crippen LogP contribution in [0.3, 0.4) is 0 Å². The van der Waals surface area contributed by atoms with Crippen LogP contribution in [0.2, 0.25) is 0 Å². The second-order valence-electron chi connectivity index (χ2n) is 8.96. The lowest BCUT2D eigenvalue weighted by atomic mass is 9.74. The summed E-state index contributed by atoms with van der Waals surface area (Å²) >= 11 is 0. The van der Waals surface area contributed by atoms with Gasteiger partial charge in [0.2, 0.25) is 0 Å². The van der Waals surface area contributed by atoms with Crippen LogP contribution in [-0.4, -0.2) is 48.7 Å². The third kappa shape index (κ3) is 4.54. The summed E-state index contributed by atoms with van der Waals surface area (Å²) < 4.78 is 13.3. The number of carbonyl (C=O) groups excluding carboxylic acids is 1. The van der Waals surface area contributed by atoms with E-state index in [1.807, 2.05) is 4.68 Å². The first-order valence-corrected chi connectivity index (χ1v) is 10.4. The van der Waals surface area contributed by atoms with Crippen LogP contribution in [0.1, 0.15) is 68.7 Å². The van der Waals surface area contributed by atoms with E-state index in [1.54, 1.807) is 0 Å². The highest BCUT2D eigenvalue weighted by Gasteiger charge is 2.40. The highest BCUT2D eigenvalue weighted by molar-refractivity contribution is 5.94. The molecule has 6 heteroatoms. The maximum Gasteiger partial charge on any atom is 0.269 e. The Kier molecular flexibility index (Phi) is 6.26. The number of carbonyl (C=O) groups is 1. The smallest absolute Gasteiger partial charge is 0.269 e. The highest BCUT2D eigenvalue weighted by Crippen LogP contribution is 2.38. The molecule has 0 aromatic carbocycles. The van der Waals surface area contributed by atoms with Crippen LogP contribution >= 0.6 is 0 Å². The van der Waals surface area contributed by atoms with E-state index in [0.29, 0.717) is 13.2 Å². The molecule has 0 atom stereocenters. The number of rotatable bonds is 7. The summed E-state index contributed by atoms with van der Waals surface area (Å²) in [7, 11) is 0. The summed E-state index contributed by atoms with van der Waals surface area (Å²) in [5.41, 5.74) is 3.07. The monoisotopic (exact) mass is 377 g/mol. The molecule has 3 rings (SSSR count). The molecule has 1 spiro atoms. The molecule has 1 N–H and O–H groups in total. The summed E-state index contributed by atoms with van der Waals surface area (Å²) in [5.74, 6) is 0.0222. The van der Waals surface area contributed by atoms with E-state index in [4.69, 9.17) is 14.6 Å². The molecule has 2 aliphatic heterocycles. The van der Waals surface area contributed by atoms with Crippen LogP contribution in [0.25, 0.3) is 0 Å². The van der Waals surface area contributed by atoms with Gasteiger partial charge in [-0.25, -0.2) is 0 Å². The minimum absolute atomic E-state index is 0.0124. The SMILES string of the molecule is CCCOCC(C)(C)Cc1nn(CC)c2c1CC1(CCOCC1)CNC2=O. The van der Waals surface area contributed by atoms with Crippen molar-refractivity contribution in [2.75, 3.05) is 33.0 Å². The Balaban J connectivity index is 1.91. The Morgan fingerprint density at radius 1 is 1.30 bits per heavy atom. The predicted octanol–water partition coefficient (Wildman–Crippen LogP) is 2.98. The van der Waals surface area contributed by atoms with Gasteiger partial charge in [0.05, 0.1) is 12.3 Å². The van der Waals surface area contributed by atoms with Gasteiger partial charge in [0.25, 0.3) is 5.91 Å². The summed E-state index contributed by atoms with van der Waals surface area (Å²) in [5, 5.41) is 8.04. The van der Waals surface area contributed by atoms with Gasteiger partial charge in [0, 0.05) is 38.5 Å². The molecule has 1 saturated heterocycles. The van der Waals surface area contributed by atoms with Gasteiger partial charge in [-0.05, 0) is 49.9 Å². The van der Waals surface area contributed by atoms with Crippen LogP contribution < -0.4 is 5.32 Å². The van der Waals surface area contributed by atoms with Crippen molar-refractivity contribution in [3.05, 3.63) is 17.0 Å². The van der Waals surface area contributed by atoms with Crippen LogP contribution in [-0.2, 0) is 28.9 Å². The molecule has 2 aliphatic rings. The third-order valence-corrected chi connectivity index (χ3v) is 5.86. The summed E-state index contributed by atoms with van der Waals surface area (Å²) in [6.07, 6.45) is 4.75. The Bertz CT molecular complexity index is 660. The zero-order valence-corrected chi connectivity index (χ0v) is 17.4. The van der Waals surface area contributed by atoms with Gasteiger partial charge < -0.3 is 14.8 Å². The first kappa shape index (κ1) is 20.3. The standard InChI is InChI=1S/C21H35N3O3/c1-5-9-27-15-20(3,4)13-17-16-12-21(7-10-26-11-8-21)14-22-19(25)18(16)24(6-2)23-17/h5-15H2,1-4H3,(H,22,25). The molecule has 1 aromatic rings. The van der Waals surface area contributed by atoms with Gasteiger partial charge in [0.1, 0.15) is 5.69 Å². The number of amides is 1.